The van der Waals surface area contributed by atoms with Crippen LogP contribution in [0, 0.1) is 0 Å². The molecule has 1 aliphatic heterocycles. The van der Waals surface area contributed by atoms with Gasteiger partial charge >= 0.3 is 0 Å². The molecule has 6 nitrogen and oxygen atoms in total. The molecule has 0 saturated carbocycles. The summed E-state index contributed by atoms with van der Waals surface area (Å²) >= 11 is 0. The number of hydrogen-bond donors (Lipinski definition) is 2. The summed E-state index contributed by atoms with van der Waals surface area (Å²) in [6, 6.07) is 14.7. The minimum Gasteiger partial charge on any atom is -0.388 e. The van der Waals surface area contributed by atoms with Crippen LogP contribution in [-0.2, 0) is 0 Å². The Hall–Kier alpha value is -2.83. The van der Waals surface area contributed by atoms with Crippen LogP contribution < -0.4 is 15.8 Å². The summed E-state index contributed by atoms with van der Waals surface area (Å²) in [6.45, 7) is 4.18. The zero-order valence-electron chi connectivity index (χ0n) is 17.7. The Morgan fingerprint density at radius 3 is 2.61 bits per heavy atom. The number of aromatic nitrogens is 2. The molecular formula is C24H28ClN5O. The Morgan fingerprint density at radius 1 is 1.10 bits per heavy atom. The molecule has 1 atom stereocenters. The zero-order valence-corrected chi connectivity index (χ0v) is 18.5. The first-order chi connectivity index (χ1) is 14.7. The summed E-state index contributed by atoms with van der Waals surface area (Å²) in [5, 5.41) is 3.82. The van der Waals surface area contributed by atoms with Crippen LogP contribution in [0.4, 0.5) is 11.4 Å². The van der Waals surface area contributed by atoms with Crippen molar-refractivity contribution in [2.45, 2.75) is 18.9 Å². The highest BCUT2D eigenvalue weighted by molar-refractivity contribution is 5.85. The number of hydrogen-bond acceptors (Lipinski definition) is 5. The second kappa shape index (κ2) is 9.12. The van der Waals surface area contributed by atoms with Gasteiger partial charge in [0.2, 0.25) is 0 Å². The van der Waals surface area contributed by atoms with E-state index in [1.165, 1.54) is 11.3 Å². The number of benzene rings is 1. The lowest BCUT2D eigenvalue weighted by atomic mass is 10.1. The van der Waals surface area contributed by atoms with E-state index >= 15 is 0 Å². The fourth-order valence-electron chi connectivity index (χ4n) is 4.63. The van der Waals surface area contributed by atoms with E-state index < -0.39 is 0 Å². The smallest absolute Gasteiger partial charge is 0.257 e. The lowest BCUT2D eigenvalue weighted by molar-refractivity contribution is 0.214. The standard InChI is InChI=1S/C24H27N5O.ClH/c1-25-18-5-8-19(9-6-18)28-11-13-29(14-12-28)20-7-4-17(15-20)22-16-23-21(24(30)27-22)3-2-10-26-23;/h2-3,5-6,8-10,15-16,20,25H,4,7,11-14H2,1H3,(H,27,30);1H/t20-;/m1./s1. The van der Waals surface area contributed by atoms with E-state index in [0.717, 1.165) is 55.9 Å². The molecule has 7 heteroatoms. The molecule has 2 aliphatic rings. The number of halogens is 1. The Morgan fingerprint density at radius 2 is 1.87 bits per heavy atom. The predicted molar refractivity (Wildman–Crippen MR) is 130 cm³/mol. The normalized spacial score (nSPS) is 19.2. The Kier molecular flexibility index (Phi) is 6.30. The van der Waals surface area contributed by atoms with Crippen molar-refractivity contribution in [3.05, 3.63) is 70.8 Å². The van der Waals surface area contributed by atoms with Gasteiger partial charge in [-0.1, -0.05) is 6.08 Å². The minimum absolute atomic E-state index is 0. The second-order valence-corrected chi connectivity index (χ2v) is 8.07. The molecule has 2 aromatic heterocycles. The predicted octanol–water partition coefficient (Wildman–Crippen LogP) is 3.75. The van der Waals surface area contributed by atoms with Crippen LogP contribution in [-0.4, -0.2) is 54.1 Å². The molecule has 1 fully saturated rings. The minimum atomic E-state index is -0.0575. The van der Waals surface area contributed by atoms with Crippen LogP contribution >= 0.6 is 12.4 Å². The van der Waals surface area contributed by atoms with Crippen LogP contribution in [0.2, 0.25) is 0 Å². The van der Waals surface area contributed by atoms with Crippen LogP contribution in [0.5, 0.6) is 0 Å². The third kappa shape index (κ3) is 4.31. The Bertz CT molecular complexity index is 1130. The van der Waals surface area contributed by atoms with Gasteiger partial charge in [-0.3, -0.25) is 14.7 Å². The molecule has 162 valence electrons. The fourth-order valence-corrected chi connectivity index (χ4v) is 4.63. The first kappa shape index (κ1) is 21.4. The molecule has 0 unspecified atom stereocenters. The monoisotopic (exact) mass is 437 g/mol. The van der Waals surface area contributed by atoms with Crippen molar-refractivity contribution >= 4 is 40.3 Å². The number of nitrogens with zero attached hydrogens (tertiary/aromatic N) is 3. The number of anilines is 2. The fraction of sp³-hybridized carbons (Fsp3) is 0.333. The van der Waals surface area contributed by atoms with E-state index in [2.05, 4.69) is 55.4 Å². The van der Waals surface area contributed by atoms with Gasteiger partial charge in [-0.05, 0) is 60.9 Å². The van der Waals surface area contributed by atoms with Crippen molar-refractivity contribution in [1.82, 2.24) is 14.9 Å². The van der Waals surface area contributed by atoms with E-state index in [1.807, 2.05) is 19.2 Å². The molecule has 1 aliphatic carbocycles. The highest BCUT2D eigenvalue weighted by atomic mass is 35.5. The van der Waals surface area contributed by atoms with Crippen LogP contribution in [0.1, 0.15) is 18.5 Å². The van der Waals surface area contributed by atoms with Gasteiger partial charge in [0.15, 0.2) is 0 Å². The summed E-state index contributed by atoms with van der Waals surface area (Å²) in [5.74, 6) is 0. The second-order valence-electron chi connectivity index (χ2n) is 8.07. The van der Waals surface area contributed by atoms with Gasteiger partial charge in [0.1, 0.15) is 0 Å². The number of aromatic amines is 1. The highest BCUT2D eigenvalue weighted by Crippen LogP contribution is 2.31. The molecule has 31 heavy (non-hydrogen) atoms. The summed E-state index contributed by atoms with van der Waals surface area (Å²) in [6.07, 6.45) is 6.18. The summed E-state index contributed by atoms with van der Waals surface area (Å²) in [4.78, 5) is 24.9. The summed E-state index contributed by atoms with van der Waals surface area (Å²) in [7, 11) is 1.95. The summed E-state index contributed by atoms with van der Waals surface area (Å²) < 4.78 is 0. The third-order valence-electron chi connectivity index (χ3n) is 6.37. The zero-order chi connectivity index (χ0) is 20.5. The number of fused-ring (bicyclic) bond motifs is 1. The average molecular weight is 438 g/mol. The molecule has 0 bridgehead atoms. The molecule has 0 spiro atoms. The van der Waals surface area contributed by atoms with Gasteiger partial charge in [0.25, 0.3) is 5.56 Å². The largest absolute Gasteiger partial charge is 0.388 e. The molecule has 1 saturated heterocycles. The van der Waals surface area contributed by atoms with Gasteiger partial charge in [0, 0.05) is 62.5 Å². The molecule has 1 aromatic carbocycles. The maximum atomic E-state index is 12.4. The van der Waals surface area contributed by atoms with Gasteiger partial charge < -0.3 is 15.2 Å². The topological polar surface area (TPSA) is 64.3 Å². The van der Waals surface area contributed by atoms with Crippen molar-refractivity contribution in [3.63, 3.8) is 0 Å². The number of H-pyrrole nitrogens is 1. The van der Waals surface area contributed by atoms with E-state index in [1.54, 1.807) is 12.3 Å². The average Bonchev–Trinajstić information content (AvgIpc) is 3.30. The van der Waals surface area contributed by atoms with Crippen molar-refractivity contribution in [2.24, 2.45) is 0 Å². The number of nitrogens with one attached hydrogen (secondary N) is 2. The van der Waals surface area contributed by atoms with E-state index in [0.29, 0.717) is 11.4 Å². The SMILES string of the molecule is CNc1ccc(N2CCN([C@H]3C=C(c4cc5ncccc5c(=O)[nH]4)CC3)CC2)cc1.Cl. The molecular weight excluding hydrogens is 410 g/mol. The van der Waals surface area contributed by atoms with Gasteiger partial charge in [-0.15, -0.1) is 12.4 Å². The van der Waals surface area contributed by atoms with Crippen molar-refractivity contribution in [3.8, 4) is 0 Å². The van der Waals surface area contributed by atoms with Gasteiger partial charge in [-0.25, -0.2) is 0 Å². The lowest BCUT2D eigenvalue weighted by Gasteiger charge is -2.38. The van der Waals surface area contributed by atoms with E-state index in [9.17, 15) is 4.79 Å². The van der Waals surface area contributed by atoms with Crippen molar-refractivity contribution in [2.75, 3.05) is 43.4 Å². The molecule has 3 aromatic rings. The number of rotatable bonds is 4. The van der Waals surface area contributed by atoms with Crippen molar-refractivity contribution in [1.29, 1.82) is 0 Å². The molecule has 0 radical (unpaired) electrons. The van der Waals surface area contributed by atoms with Crippen LogP contribution in [0.3, 0.4) is 0 Å². The van der Waals surface area contributed by atoms with E-state index in [4.69, 9.17) is 0 Å². The lowest BCUT2D eigenvalue weighted by Crippen LogP contribution is -2.49. The number of pyridine rings is 2. The van der Waals surface area contributed by atoms with Crippen LogP contribution in [0.25, 0.3) is 16.5 Å². The van der Waals surface area contributed by atoms with Crippen molar-refractivity contribution < 1.29 is 0 Å². The maximum absolute atomic E-state index is 12.4. The van der Waals surface area contributed by atoms with Gasteiger partial charge in [-0.2, -0.15) is 0 Å². The third-order valence-corrected chi connectivity index (χ3v) is 6.37. The number of piperazine rings is 1. The van der Waals surface area contributed by atoms with Crippen LogP contribution in [0.15, 0.2) is 59.5 Å². The number of allylic oxidation sites excluding steroid dienone is 1. The Balaban J connectivity index is 0.00000231. The quantitative estimate of drug-likeness (QED) is 0.650. The van der Waals surface area contributed by atoms with Gasteiger partial charge in [0.05, 0.1) is 10.9 Å². The maximum Gasteiger partial charge on any atom is 0.257 e. The first-order valence-electron chi connectivity index (χ1n) is 10.7. The first-order valence-corrected chi connectivity index (χ1v) is 10.7. The molecule has 0 amide bonds. The summed E-state index contributed by atoms with van der Waals surface area (Å²) in [5.41, 5.74) is 5.28. The molecule has 3 heterocycles. The molecule has 5 rings (SSSR count). The molecule has 2 N–H and O–H groups in total. The highest BCUT2D eigenvalue weighted by Gasteiger charge is 2.27. The van der Waals surface area contributed by atoms with E-state index in [-0.39, 0.29) is 18.0 Å². The Labute approximate surface area is 188 Å².